The first-order valence-electron chi connectivity index (χ1n) is 5.59. The number of alkyl halides is 1. The highest BCUT2D eigenvalue weighted by Gasteiger charge is 2.15. The van der Waals surface area contributed by atoms with Crippen molar-refractivity contribution in [3.63, 3.8) is 0 Å². The Kier molecular flexibility index (Phi) is 5.48. The van der Waals surface area contributed by atoms with Gasteiger partial charge in [0.2, 0.25) is 0 Å². The zero-order valence-electron chi connectivity index (χ0n) is 10.4. The molecule has 0 aliphatic rings. The Morgan fingerprint density at radius 2 is 2.18 bits per heavy atom. The van der Waals surface area contributed by atoms with Crippen molar-refractivity contribution in [3.05, 3.63) is 29.8 Å². The maximum Gasteiger partial charge on any atom is 0.251 e. The van der Waals surface area contributed by atoms with Gasteiger partial charge in [0.15, 0.2) is 0 Å². The molecule has 2 atom stereocenters. The van der Waals surface area contributed by atoms with Gasteiger partial charge < -0.3 is 10.1 Å². The molecule has 1 amide bonds. The monoisotopic (exact) mass is 299 g/mol. The molecule has 0 aliphatic heterocycles. The molecule has 4 heteroatoms. The van der Waals surface area contributed by atoms with E-state index in [1.165, 1.54) is 0 Å². The molecular formula is C13H18BrNO2. The van der Waals surface area contributed by atoms with E-state index in [0.717, 1.165) is 5.33 Å². The summed E-state index contributed by atoms with van der Waals surface area (Å²) in [6, 6.07) is 7.28. The van der Waals surface area contributed by atoms with Crippen LogP contribution in [0.5, 0.6) is 5.75 Å². The van der Waals surface area contributed by atoms with Gasteiger partial charge in [-0.15, -0.1) is 0 Å². The fourth-order valence-corrected chi connectivity index (χ4v) is 1.89. The van der Waals surface area contributed by atoms with Crippen LogP contribution in [0.2, 0.25) is 0 Å². The van der Waals surface area contributed by atoms with Crippen molar-refractivity contribution in [2.24, 2.45) is 5.92 Å². The van der Waals surface area contributed by atoms with Gasteiger partial charge in [0, 0.05) is 16.9 Å². The molecular weight excluding hydrogens is 282 g/mol. The van der Waals surface area contributed by atoms with Gasteiger partial charge >= 0.3 is 0 Å². The topological polar surface area (TPSA) is 38.3 Å². The maximum atomic E-state index is 12.0. The van der Waals surface area contributed by atoms with E-state index in [4.69, 9.17) is 4.74 Å². The van der Waals surface area contributed by atoms with Gasteiger partial charge in [0.25, 0.3) is 5.91 Å². The molecule has 94 valence electrons. The third-order valence-electron chi connectivity index (χ3n) is 2.79. The van der Waals surface area contributed by atoms with E-state index >= 15 is 0 Å². The first-order chi connectivity index (χ1) is 8.08. The summed E-state index contributed by atoms with van der Waals surface area (Å²) < 4.78 is 5.09. The minimum absolute atomic E-state index is 0.0656. The predicted molar refractivity (Wildman–Crippen MR) is 72.9 cm³/mol. The molecule has 3 nitrogen and oxygen atoms in total. The zero-order chi connectivity index (χ0) is 12.8. The third-order valence-corrected chi connectivity index (χ3v) is 3.81. The molecule has 0 bridgehead atoms. The van der Waals surface area contributed by atoms with Gasteiger partial charge in [0.1, 0.15) is 5.75 Å². The molecule has 0 saturated heterocycles. The lowest BCUT2D eigenvalue weighted by Gasteiger charge is -2.19. The van der Waals surface area contributed by atoms with E-state index in [-0.39, 0.29) is 11.9 Å². The second kappa shape index (κ2) is 6.64. The molecule has 0 heterocycles. The Labute approximate surface area is 111 Å². The molecule has 0 aromatic heterocycles. The molecule has 0 aliphatic carbocycles. The smallest absolute Gasteiger partial charge is 0.251 e. The predicted octanol–water partition coefficient (Wildman–Crippen LogP) is 2.84. The summed E-state index contributed by atoms with van der Waals surface area (Å²) in [5, 5.41) is 3.84. The summed E-state index contributed by atoms with van der Waals surface area (Å²) in [7, 11) is 1.59. The lowest BCUT2D eigenvalue weighted by atomic mass is 10.1. The average Bonchev–Trinajstić information content (AvgIpc) is 2.37. The van der Waals surface area contributed by atoms with Gasteiger partial charge in [-0.3, -0.25) is 4.79 Å². The zero-order valence-corrected chi connectivity index (χ0v) is 12.0. The normalized spacial score (nSPS) is 13.9. The second-order valence-corrected chi connectivity index (χ2v) is 4.77. The molecule has 0 spiro atoms. The van der Waals surface area contributed by atoms with Crippen LogP contribution >= 0.6 is 15.9 Å². The summed E-state index contributed by atoms with van der Waals surface area (Å²) in [5.41, 5.74) is 0.623. The van der Waals surface area contributed by atoms with Crippen molar-refractivity contribution >= 4 is 21.8 Å². The molecule has 0 saturated carbocycles. The van der Waals surface area contributed by atoms with E-state index in [0.29, 0.717) is 17.2 Å². The van der Waals surface area contributed by atoms with Crippen LogP contribution in [0.25, 0.3) is 0 Å². The van der Waals surface area contributed by atoms with Crippen LogP contribution in [-0.4, -0.2) is 24.4 Å². The molecule has 1 rings (SSSR count). The van der Waals surface area contributed by atoms with Crippen molar-refractivity contribution in [2.45, 2.75) is 19.9 Å². The van der Waals surface area contributed by atoms with Crippen molar-refractivity contribution in [3.8, 4) is 5.75 Å². The number of benzene rings is 1. The van der Waals surface area contributed by atoms with Crippen molar-refractivity contribution in [1.82, 2.24) is 5.32 Å². The minimum Gasteiger partial charge on any atom is -0.497 e. The van der Waals surface area contributed by atoms with Gasteiger partial charge in [0.05, 0.1) is 7.11 Å². The molecule has 0 radical (unpaired) electrons. The first-order valence-corrected chi connectivity index (χ1v) is 6.71. The quantitative estimate of drug-likeness (QED) is 0.849. The highest BCUT2D eigenvalue weighted by atomic mass is 79.9. The van der Waals surface area contributed by atoms with E-state index < -0.39 is 0 Å². The van der Waals surface area contributed by atoms with Crippen LogP contribution in [0.4, 0.5) is 0 Å². The number of ether oxygens (including phenoxy) is 1. The molecule has 1 aromatic rings. The third kappa shape index (κ3) is 4.04. The van der Waals surface area contributed by atoms with Crippen LogP contribution in [0.3, 0.4) is 0 Å². The SMILES string of the molecule is COc1cccc(C(=O)NC(C)C(C)CBr)c1. The number of hydrogen-bond acceptors (Lipinski definition) is 2. The minimum atomic E-state index is -0.0656. The fourth-order valence-electron chi connectivity index (χ4n) is 1.33. The van der Waals surface area contributed by atoms with Crippen molar-refractivity contribution < 1.29 is 9.53 Å². The summed E-state index contributed by atoms with van der Waals surface area (Å²) in [6.45, 7) is 4.09. The Balaban J connectivity index is 2.69. The van der Waals surface area contributed by atoms with Crippen LogP contribution in [0, 0.1) is 5.92 Å². The van der Waals surface area contributed by atoms with Gasteiger partial charge in [-0.1, -0.05) is 28.9 Å². The fraction of sp³-hybridized carbons (Fsp3) is 0.462. The number of carbonyl (C=O) groups is 1. The number of rotatable bonds is 5. The number of hydrogen-bond donors (Lipinski definition) is 1. The van der Waals surface area contributed by atoms with Gasteiger partial charge in [-0.05, 0) is 31.0 Å². The Hall–Kier alpha value is -1.03. The van der Waals surface area contributed by atoms with Crippen molar-refractivity contribution in [2.75, 3.05) is 12.4 Å². The van der Waals surface area contributed by atoms with Crippen molar-refractivity contribution in [1.29, 1.82) is 0 Å². The molecule has 0 fully saturated rings. The lowest BCUT2D eigenvalue weighted by molar-refractivity contribution is 0.0931. The first kappa shape index (κ1) is 14.0. The van der Waals surface area contributed by atoms with Gasteiger partial charge in [-0.25, -0.2) is 0 Å². The van der Waals surface area contributed by atoms with Crippen LogP contribution < -0.4 is 10.1 Å². The van der Waals surface area contributed by atoms with E-state index in [1.807, 2.05) is 19.1 Å². The van der Waals surface area contributed by atoms with Crippen LogP contribution in [0.1, 0.15) is 24.2 Å². The highest BCUT2D eigenvalue weighted by Crippen LogP contribution is 2.13. The number of nitrogens with one attached hydrogen (secondary N) is 1. The Bertz CT molecular complexity index is 381. The molecule has 1 N–H and O–H groups in total. The standard InChI is InChI=1S/C13H18BrNO2/c1-9(8-14)10(2)15-13(16)11-5-4-6-12(7-11)17-3/h4-7,9-10H,8H2,1-3H3,(H,15,16). The summed E-state index contributed by atoms with van der Waals surface area (Å²) >= 11 is 3.41. The number of methoxy groups -OCH3 is 1. The Morgan fingerprint density at radius 3 is 2.76 bits per heavy atom. The molecule has 2 unspecified atom stereocenters. The second-order valence-electron chi connectivity index (χ2n) is 4.13. The number of halogens is 1. The Morgan fingerprint density at radius 1 is 1.47 bits per heavy atom. The van der Waals surface area contributed by atoms with Gasteiger partial charge in [-0.2, -0.15) is 0 Å². The van der Waals surface area contributed by atoms with E-state index in [9.17, 15) is 4.79 Å². The lowest BCUT2D eigenvalue weighted by Crippen LogP contribution is -2.37. The summed E-state index contributed by atoms with van der Waals surface area (Å²) in [6.07, 6.45) is 0. The summed E-state index contributed by atoms with van der Waals surface area (Å²) in [5.74, 6) is 1.02. The summed E-state index contributed by atoms with van der Waals surface area (Å²) in [4.78, 5) is 12.0. The number of carbonyl (C=O) groups excluding carboxylic acids is 1. The number of amides is 1. The van der Waals surface area contributed by atoms with E-state index in [2.05, 4.69) is 28.2 Å². The molecule has 1 aromatic carbocycles. The maximum absolute atomic E-state index is 12.0. The average molecular weight is 300 g/mol. The van der Waals surface area contributed by atoms with E-state index in [1.54, 1.807) is 19.2 Å². The largest absolute Gasteiger partial charge is 0.497 e. The highest BCUT2D eigenvalue weighted by molar-refractivity contribution is 9.09. The van der Waals surface area contributed by atoms with Crippen LogP contribution in [-0.2, 0) is 0 Å². The van der Waals surface area contributed by atoms with Crippen LogP contribution in [0.15, 0.2) is 24.3 Å². The molecule has 17 heavy (non-hydrogen) atoms.